The van der Waals surface area contributed by atoms with Crippen LogP contribution in [0.5, 0.6) is 5.88 Å². The van der Waals surface area contributed by atoms with E-state index in [0.29, 0.717) is 0 Å². The Morgan fingerprint density at radius 1 is 0.895 bits per heavy atom. The average Bonchev–Trinajstić information content (AvgIpc) is 2.82. The Morgan fingerprint density at radius 2 is 1.53 bits per heavy atom. The van der Waals surface area contributed by atoms with E-state index in [1.165, 1.54) is 16.4 Å². The van der Waals surface area contributed by atoms with Gasteiger partial charge < -0.3 is 5.11 Å². The van der Waals surface area contributed by atoms with Crippen LogP contribution in [0.15, 0.2) is 76.7 Å². The van der Waals surface area contributed by atoms with E-state index in [1.807, 2.05) is 60.7 Å². The topological polar surface area (TPSA) is 38.1 Å². The minimum absolute atomic E-state index is 0.143. The molecule has 0 fully saturated rings. The quantitative estimate of drug-likeness (QED) is 0.786. The van der Waals surface area contributed by atoms with Crippen molar-refractivity contribution in [2.24, 2.45) is 0 Å². The van der Waals surface area contributed by atoms with Crippen LogP contribution >= 0.6 is 11.8 Å². The number of hydrogen-bond acceptors (Lipinski definition) is 3. The second-order valence-corrected chi connectivity index (χ2v) is 5.10. The summed E-state index contributed by atoms with van der Waals surface area (Å²) >= 11 is 1.53. The molecule has 1 aromatic heterocycles. The second kappa shape index (κ2) is 5.20. The smallest absolute Gasteiger partial charge is 0.215 e. The first-order valence-electron chi connectivity index (χ1n) is 5.90. The zero-order chi connectivity index (χ0) is 13.1. The second-order valence-electron chi connectivity index (χ2n) is 4.00. The number of nitrogens with zero attached hydrogens (tertiary/aromatic N) is 2. The normalized spacial score (nSPS) is 10.5. The minimum atomic E-state index is 0.143. The van der Waals surface area contributed by atoms with Gasteiger partial charge in [0.25, 0.3) is 0 Å². The summed E-state index contributed by atoms with van der Waals surface area (Å²) in [5.74, 6) is 0.143. The van der Waals surface area contributed by atoms with Gasteiger partial charge >= 0.3 is 0 Å². The molecule has 0 saturated carbocycles. The van der Waals surface area contributed by atoms with Crippen molar-refractivity contribution in [3.05, 3.63) is 66.7 Å². The van der Waals surface area contributed by atoms with Gasteiger partial charge in [0, 0.05) is 11.0 Å². The van der Waals surface area contributed by atoms with Crippen molar-refractivity contribution in [3.8, 4) is 11.6 Å². The molecular formula is C15H12N2OS. The molecule has 0 aliphatic carbocycles. The van der Waals surface area contributed by atoms with Crippen molar-refractivity contribution >= 4 is 11.8 Å². The first-order valence-corrected chi connectivity index (χ1v) is 6.72. The third kappa shape index (κ3) is 2.63. The number of aromatic hydroxyl groups is 1. The van der Waals surface area contributed by atoms with Gasteiger partial charge in [-0.05, 0) is 24.3 Å². The first-order chi connectivity index (χ1) is 9.33. The molecule has 0 amide bonds. The Bertz CT molecular complexity index is 665. The molecule has 3 aromatic rings. The Hall–Kier alpha value is -2.20. The molecule has 0 atom stereocenters. The van der Waals surface area contributed by atoms with E-state index >= 15 is 0 Å². The van der Waals surface area contributed by atoms with Crippen molar-refractivity contribution in [1.29, 1.82) is 0 Å². The summed E-state index contributed by atoms with van der Waals surface area (Å²) in [6, 6.07) is 21.2. The van der Waals surface area contributed by atoms with Gasteiger partial charge in [-0.2, -0.15) is 5.10 Å². The van der Waals surface area contributed by atoms with Gasteiger partial charge in [0.05, 0.1) is 5.69 Å². The highest BCUT2D eigenvalue weighted by Gasteiger charge is 2.09. The molecule has 0 aliphatic rings. The molecule has 0 bridgehead atoms. The maximum Gasteiger partial charge on any atom is 0.215 e. The molecule has 0 radical (unpaired) electrons. The van der Waals surface area contributed by atoms with Crippen molar-refractivity contribution in [1.82, 2.24) is 9.78 Å². The third-order valence-electron chi connectivity index (χ3n) is 2.63. The lowest BCUT2D eigenvalue weighted by Crippen LogP contribution is -1.94. The van der Waals surface area contributed by atoms with Crippen LogP contribution in [-0.4, -0.2) is 14.9 Å². The summed E-state index contributed by atoms with van der Waals surface area (Å²) in [4.78, 5) is 1.10. The largest absolute Gasteiger partial charge is 0.493 e. The molecule has 94 valence electrons. The summed E-state index contributed by atoms with van der Waals surface area (Å²) in [5, 5.41) is 15.1. The zero-order valence-electron chi connectivity index (χ0n) is 10.1. The Labute approximate surface area is 115 Å². The third-order valence-corrected chi connectivity index (χ3v) is 3.55. The van der Waals surface area contributed by atoms with E-state index in [1.54, 1.807) is 6.07 Å². The van der Waals surface area contributed by atoms with Crippen LogP contribution in [0.4, 0.5) is 0 Å². The highest BCUT2D eigenvalue weighted by Crippen LogP contribution is 2.29. The molecule has 1 N–H and O–H groups in total. The van der Waals surface area contributed by atoms with Crippen molar-refractivity contribution < 1.29 is 5.11 Å². The number of hydrogen-bond donors (Lipinski definition) is 1. The molecule has 0 aliphatic heterocycles. The molecule has 1 heterocycles. The maximum absolute atomic E-state index is 9.95. The summed E-state index contributed by atoms with van der Waals surface area (Å²) in [7, 11) is 0. The predicted octanol–water partition coefficient (Wildman–Crippen LogP) is 3.73. The van der Waals surface area contributed by atoms with Crippen LogP contribution in [0.1, 0.15) is 0 Å². The Morgan fingerprint density at radius 3 is 2.21 bits per heavy atom. The molecule has 19 heavy (non-hydrogen) atoms. The van der Waals surface area contributed by atoms with Gasteiger partial charge in [0.1, 0.15) is 5.03 Å². The molecule has 3 nitrogen and oxygen atoms in total. The fraction of sp³-hybridized carbons (Fsp3) is 0. The minimum Gasteiger partial charge on any atom is -0.493 e. The van der Waals surface area contributed by atoms with Gasteiger partial charge in [0.2, 0.25) is 5.88 Å². The Kier molecular flexibility index (Phi) is 3.25. The summed E-state index contributed by atoms with van der Waals surface area (Å²) in [6.45, 7) is 0. The first kappa shape index (κ1) is 11.9. The lowest BCUT2D eigenvalue weighted by atomic mass is 10.3. The van der Waals surface area contributed by atoms with E-state index in [9.17, 15) is 5.11 Å². The molecule has 4 heteroatoms. The van der Waals surface area contributed by atoms with Crippen molar-refractivity contribution in [3.63, 3.8) is 0 Å². The van der Waals surface area contributed by atoms with Crippen LogP contribution < -0.4 is 0 Å². The summed E-state index contributed by atoms with van der Waals surface area (Å²) in [6.07, 6.45) is 0. The molecule has 0 unspecified atom stereocenters. The monoisotopic (exact) mass is 268 g/mol. The lowest BCUT2D eigenvalue weighted by Gasteiger charge is -2.01. The number of rotatable bonds is 3. The predicted molar refractivity (Wildman–Crippen MR) is 75.8 cm³/mol. The Balaban J connectivity index is 1.90. The van der Waals surface area contributed by atoms with Gasteiger partial charge in [-0.1, -0.05) is 48.2 Å². The van der Waals surface area contributed by atoms with Gasteiger partial charge in [-0.15, -0.1) is 0 Å². The summed E-state index contributed by atoms with van der Waals surface area (Å²) < 4.78 is 1.53. The average molecular weight is 268 g/mol. The van der Waals surface area contributed by atoms with Gasteiger partial charge in [-0.25, -0.2) is 4.68 Å². The molecule has 0 saturated heterocycles. The van der Waals surface area contributed by atoms with Crippen LogP contribution in [-0.2, 0) is 0 Å². The molecule has 0 spiro atoms. The highest BCUT2D eigenvalue weighted by molar-refractivity contribution is 7.99. The SMILES string of the molecule is Oc1cc(Sc2ccccc2)nn1-c1ccccc1. The number of aromatic nitrogens is 2. The number of benzene rings is 2. The lowest BCUT2D eigenvalue weighted by molar-refractivity contribution is 0.433. The fourth-order valence-electron chi connectivity index (χ4n) is 1.77. The molecule has 3 rings (SSSR count). The standard InChI is InChI=1S/C15H12N2OS/c18-15-11-14(19-13-9-5-2-6-10-13)16-17(15)12-7-3-1-4-8-12/h1-11,18H. The van der Waals surface area contributed by atoms with E-state index < -0.39 is 0 Å². The van der Waals surface area contributed by atoms with Crippen LogP contribution in [0.2, 0.25) is 0 Å². The highest BCUT2D eigenvalue weighted by atomic mass is 32.2. The van der Waals surface area contributed by atoms with E-state index in [0.717, 1.165) is 15.6 Å². The van der Waals surface area contributed by atoms with E-state index in [-0.39, 0.29) is 5.88 Å². The maximum atomic E-state index is 9.95. The van der Waals surface area contributed by atoms with Crippen molar-refractivity contribution in [2.75, 3.05) is 0 Å². The van der Waals surface area contributed by atoms with E-state index in [2.05, 4.69) is 5.10 Å². The zero-order valence-corrected chi connectivity index (χ0v) is 10.9. The van der Waals surface area contributed by atoms with Crippen molar-refractivity contribution in [2.45, 2.75) is 9.92 Å². The fourth-order valence-corrected chi connectivity index (χ4v) is 2.59. The van der Waals surface area contributed by atoms with E-state index in [4.69, 9.17) is 0 Å². The van der Waals surface area contributed by atoms with Crippen LogP contribution in [0.25, 0.3) is 5.69 Å². The van der Waals surface area contributed by atoms with Crippen LogP contribution in [0.3, 0.4) is 0 Å². The molecule has 2 aromatic carbocycles. The van der Waals surface area contributed by atoms with Gasteiger partial charge in [0.15, 0.2) is 0 Å². The van der Waals surface area contributed by atoms with Crippen LogP contribution in [0, 0.1) is 0 Å². The summed E-state index contributed by atoms with van der Waals surface area (Å²) in [5.41, 5.74) is 0.847. The number of para-hydroxylation sites is 1. The van der Waals surface area contributed by atoms with Gasteiger partial charge in [-0.3, -0.25) is 0 Å². The molecular weight excluding hydrogens is 256 g/mol.